The number of aromatic nitrogens is 1. The van der Waals surface area contributed by atoms with Crippen LogP contribution in [0.25, 0.3) is 22.2 Å². The first-order chi connectivity index (χ1) is 15.0. The molecule has 31 heavy (non-hydrogen) atoms. The van der Waals surface area contributed by atoms with Crippen molar-refractivity contribution in [3.63, 3.8) is 0 Å². The highest BCUT2D eigenvalue weighted by molar-refractivity contribution is 6.28. The number of esters is 1. The third kappa shape index (κ3) is 3.34. The maximum absolute atomic E-state index is 13.5. The molecular formula is C24H25N3O4. The van der Waals surface area contributed by atoms with Gasteiger partial charge in [-0.2, -0.15) is 0 Å². The van der Waals surface area contributed by atoms with Crippen molar-refractivity contribution in [2.24, 2.45) is 5.92 Å². The minimum absolute atomic E-state index is 0.0511. The van der Waals surface area contributed by atoms with E-state index >= 15 is 0 Å². The van der Waals surface area contributed by atoms with Gasteiger partial charge in [-0.1, -0.05) is 36.3 Å². The molecule has 0 spiro atoms. The summed E-state index contributed by atoms with van der Waals surface area (Å²) in [5, 5.41) is 8.50. The highest BCUT2D eigenvalue weighted by Gasteiger charge is 2.34. The Morgan fingerprint density at radius 2 is 2.13 bits per heavy atom. The quantitative estimate of drug-likeness (QED) is 0.382. The zero-order chi connectivity index (χ0) is 21.5. The van der Waals surface area contributed by atoms with Crippen LogP contribution in [0, 0.1) is 5.92 Å². The lowest BCUT2D eigenvalue weighted by molar-refractivity contribution is -0.140. The molecule has 1 aliphatic carbocycles. The minimum atomic E-state index is -0.326. The zero-order valence-electron chi connectivity index (χ0n) is 17.7. The summed E-state index contributed by atoms with van der Waals surface area (Å²) in [4.78, 5) is 26.9. The lowest BCUT2D eigenvalue weighted by Gasteiger charge is -2.33. The smallest absolute Gasteiger partial charge is 0.302 e. The summed E-state index contributed by atoms with van der Waals surface area (Å²) >= 11 is 0. The van der Waals surface area contributed by atoms with Crippen molar-refractivity contribution in [3.8, 4) is 11.3 Å². The molecule has 0 unspecified atom stereocenters. The molecule has 7 heteroatoms. The molecule has 0 amide bonds. The van der Waals surface area contributed by atoms with E-state index in [0.29, 0.717) is 29.3 Å². The highest BCUT2D eigenvalue weighted by Crippen LogP contribution is 2.46. The Labute approximate surface area is 180 Å². The average molecular weight is 419 g/mol. The van der Waals surface area contributed by atoms with Gasteiger partial charge in [0.25, 0.3) is 0 Å². The fraction of sp³-hybridized carbons (Fsp3) is 0.375. The van der Waals surface area contributed by atoms with Gasteiger partial charge in [-0.25, -0.2) is 0 Å². The number of hydrogen-bond donors (Lipinski definition) is 1. The lowest BCUT2D eigenvalue weighted by Crippen LogP contribution is -2.34. The van der Waals surface area contributed by atoms with Crippen LogP contribution in [0.5, 0.6) is 0 Å². The maximum Gasteiger partial charge on any atom is 0.302 e. The van der Waals surface area contributed by atoms with E-state index in [0.717, 1.165) is 47.4 Å². The van der Waals surface area contributed by atoms with Crippen LogP contribution in [-0.4, -0.2) is 43.2 Å². The standard InChI is InChI=1S/C24H25N3O4/c1-14-6-5-10-27(13-14)19-12-18(25-9-11-30-15(2)28)20-21-22(19)26-31-24(21)17-8-4-3-7-16(17)23(20)29/h3-4,7-8,12,14,25H,5-6,9-11,13H2,1-2H3/t14-/m0/s1. The summed E-state index contributed by atoms with van der Waals surface area (Å²) in [7, 11) is 0. The molecule has 3 aromatic rings. The van der Waals surface area contributed by atoms with Crippen molar-refractivity contribution in [2.45, 2.75) is 26.7 Å². The Morgan fingerprint density at radius 1 is 1.32 bits per heavy atom. The predicted octanol–water partition coefficient (Wildman–Crippen LogP) is 4.25. The van der Waals surface area contributed by atoms with Gasteiger partial charge in [0.2, 0.25) is 0 Å². The lowest BCUT2D eigenvalue weighted by atomic mass is 9.86. The van der Waals surface area contributed by atoms with Crippen LogP contribution in [0.1, 0.15) is 42.6 Å². The summed E-state index contributed by atoms with van der Waals surface area (Å²) in [6, 6.07) is 9.48. The van der Waals surface area contributed by atoms with Crippen LogP contribution in [0.15, 0.2) is 34.9 Å². The van der Waals surface area contributed by atoms with Gasteiger partial charge < -0.3 is 19.5 Å². The molecule has 1 aliphatic heterocycles. The number of piperidine rings is 1. The van der Waals surface area contributed by atoms with E-state index in [4.69, 9.17) is 9.26 Å². The molecule has 0 saturated carbocycles. The van der Waals surface area contributed by atoms with Crippen molar-refractivity contribution in [3.05, 3.63) is 41.5 Å². The van der Waals surface area contributed by atoms with E-state index < -0.39 is 0 Å². The molecule has 0 bridgehead atoms. The van der Waals surface area contributed by atoms with Crippen LogP contribution in [0.4, 0.5) is 11.4 Å². The van der Waals surface area contributed by atoms with Crippen molar-refractivity contribution in [1.82, 2.24) is 5.16 Å². The Morgan fingerprint density at radius 3 is 2.90 bits per heavy atom. The average Bonchev–Trinajstić information content (AvgIpc) is 3.20. The molecule has 1 atom stereocenters. The van der Waals surface area contributed by atoms with Crippen LogP contribution < -0.4 is 10.2 Å². The monoisotopic (exact) mass is 419 g/mol. The third-order valence-corrected chi connectivity index (χ3v) is 6.10. The Hall–Kier alpha value is -3.35. The fourth-order valence-corrected chi connectivity index (χ4v) is 4.71. The predicted molar refractivity (Wildman–Crippen MR) is 119 cm³/mol. The van der Waals surface area contributed by atoms with Gasteiger partial charge in [0.05, 0.1) is 16.6 Å². The summed E-state index contributed by atoms with van der Waals surface area (Å²) in [6.45, 7) is 6.16. The van der Waals surface area contributed by atoms with Gasteiger partial charge >= 0.3 is 5.97 Å². The number of carbonyl (C=O) groups is 2. The first-order valence-corrected chi connectivity index (χ1v) is 10.8. The molecule has 2 aliphatic rings. The summed E-state index contributed by atoms with van der Waals surface area (Å²) in [5.74, 6) is 0.846. The molecule has 5 rings (SSSR count). The van der Waals surface area contributed by atoms with E-state index in [1.165, 1.54) is 13.3 Å². The molecule has 2 heterocycles. The Balaban J connectivity index is 1.65. The van der Waals surface area contributed by atoms with Gasteiger partial charge in [-0.15, -0.1) is 0 Å². The highest BCUT2D eigenvalue weighted by atomic mass is 16.5. The van der Waals surface area contributed by atoms with Gasteiger partial charge in [-0.05, 0) is 24.8 Å². The first-order valence-electron chi connectivity index (χ1n) is 10.8. The van der Waals surface area contributed by atoms with Gasteiger partial charge in [0.1, 0.15) is 12.1 Å². The van der Waals surface area contributed by atoms with Crippen LogP contribution in [0.2, 0.25) is 0 Å². The second kappa shape index (κ2) is 7.72. The number of ether oxygens (including phenoxy) is 1. The van der Waals surface area contributed by atoms with Gasteiger partial charge in [-0.3, -0.25) is 9.59 Å². The molecule has 1 aromatic heterocycles. The van der Waals surface area contributed by atoms with E-state index in [1.807, 2.05) is 30.3 Å². The Kier molecular flexibility index (Phi) is 4.88. The first kappa shape index (κ1) is 19.6. The van der Waals surface area contributed by atoms with Crippen LogP contribution in [-0.2, 0) is 9.53 Å². The fourth-order valence-electron chi connectivity index (χ4n) is 4.71. The molecule has 1 fully saturated rings. The molecule has 1 saturated heterocycles. The number of rotatable bonds is 5. The van der Waals surface area contributed by atoms with Crippen molar-refractivity contribution >= 4 is 34.0 Å². The number of hydrogen-bond acceptors (Lipinski definition) is 7. The topological polar surface area (TPSA) is 84.7 Å². The molecular weight excluding hydrogens is 394 g/mol. The SMILES string of the molecule is CC(=O)OCCNc1cc(N2CCC[C@H](C)C2)c2noc3c2c1C(=O)c1ccccc1-3. The summed E-state index contributed by atoms with van der Waals surface area (Å²) < 4.78 is 10.9. The van der Waals surface area contributed by atoms with Gasteiger partial charge in [0, 0.05) is 43.4 Å². The summed E-state index contributed by atoms with van der Waals surface area (Å²) in [5.41, 5.74) is 4.38. The molecule has 0 radical (unpaired) electrons. The maximum atomic E-state index is 13.5. The van der Waals surface area contributed by atoms with E-state index in [2.05, 4.69) is 22.3 Å². The van der Waals surface area contributed by atoms with E-state index in [9.17, 15) is 9.59 Å². The number of benzene rings is 2. The Bertz CT molecular complexity index is 1180. The van der Waals surface area contributed by atoms with Crippen LogP contribution in [0.3, 0.4) is 0 Å². The van der Waals surface area contributed by atoms with E-state index in [-0.39, 0.29) is 18.4 Å². The minimum Gasteiger partial charge on any atom is -0.464 e. The van der Waals surface area contributed by atoms with Gasteiger partial charge in [0.15, 0.2) is 11.5 Å². The number of fused-ring (bicyclic) bond motifs is 2. The molecule has 160 valence electrons. The number of nitrogens with one attached hydrogen (secondary N) is 1. The number of anilines is 2. The third-order valence-electron chi connectivity index (χ3n) is 6.10. The van der Waals surface area contributed by atoms with Crippen molar-refractivity contribution < 1.29 is 18.8 Å². The normalized spacial score (nSPS) is 17.5. The van der Waals surface area contributed by atoms with Crippen molar-refractivity contribution in [2.75, 3.05) is 36.5 Å². The largest absolute Gasteiger partial charge is 0.464 e. The second-order valence-corrected chi connectivity index (χ2v) is 8.39. The van der Waals surface area contributed by atoms with E-state index in [1.54, 1.807) is 0 Å². The number of nitrogens with zero attached hydrogens (tertiary/aromatic N) is 2. The molecule has 1 N–H and O–H groups in total. The van der Waals surface area contributed by atoms with Crippen LogP contribution >= 0.6 is 0 Å². The molecule has 7 nitrogen and oxygen atoms in total. The van der Waals surface area contributed by atoms with Crippen molar-refractivity contribution in [1.29, 1.82) is 0 Å². The molecule has 2 aromatic carbocycles. The number of ketones is 1. The number of carbonyl (C=O) groups excluding carboxylic acids is 2. The second-order valence-electron chi connectivity index (χ2n) is 8.39. The summed E-state index contributed by atoms with van der Waals surface area (Å²) in [6.07, 6.45) is 2.33. The zero-order valence-corrected chi connectivity index (χ0v) is 17.7.